The van der Waals surface area contributed by atoms with Gasteiger partial charge in [-0.3, -0.25) is 0 Å². The van der Waals surface area contributed by atoms with Crippen molar-refractivity contribution < 1.29 is 23.4 Å². The molecule has 1 aromatic rings. The number of carboxylic acids is 1. The lowest BCUT2D eigenvalue weighted by molar-refractivity contribution is 0.0691. The highest BCUT2D eigenvalue weighted by molar-refractivity contribution is 7.89. The zero-order chi connectivity index (χ0) is 14.0. The van der Waals surface area contributed by atoms with Gasteiger partial charge in [-0.05, 0) is 18.9 Å². The number of nitrogens with zero attached hydrogens (tertiary/aromatic N) is 1. The van der Waals surface area contributed by atoms with E-state index in [1.807, 2.05) is 0 Å². The summed E-state index contributed by atoms with van der Waals surface area (Å²) in [5.41, 5.74) is -0.170. The van der Waals surface area contributed by atoms with Crippen molar-refractivity contribution in [3.63, 3.8) is 0 Å². The van der Waals surface area contributed by atoms with Crippen LogP contribution in [0.15, 0.2) is 17.2 Å². The van der Waals surface area contributed by atoms with Crippen molar-refractivity contribution >= 4 is 16.0 Å². The van der Waals surface area contributed by atoms with Crippen molar-refractivity contribution in [2.24, 2.45) is 0 Å². The van der Waals surface area contributed by atoms with Crippen molar-refractivity contribution in [1.29, 1.82) is 0 Å². The molecule has 1 aromatic heterocycles. The molecule has 1 saturated carbocycles. The average molecular weight is 288 g/mol. The van der Waals surface area contributed by atoms with Crippen LogP contribution in [0.4, 0.5) is 0 Å². The Morgan fingerprint density at radius 3 is 2.58 bits per heavy atom. The number of aromatic nitrogens is 1. The van der Waals surface area contributed by atoms with Gasteiger partial charge >= 0.3 is 5.97 Å². The molecule has 7 nitrogen and oxygen atoms in total. The predicted octanol–water partition coefficient (Wildman–Crippen LogP) is 0.248. The highest BCUT2D eigenvalue weighted by Gasteiger charge is 2.35. The lowest BCUT2D eigenvalue weighted by Crippen LogP contribution is -2.45. The first kappa shape index (κ1) is 14.0. The van der Waals surface area contributed by atoms with Gasteiger partial charge in [-0.2, -0.15) is 4.31 Å². The fraction of sp³-hybridized carbons (Fsp3) is 0.545. The number of aliphatic hydroxyl groups is 1. The summed E-state index contributed by atoms with van der Waals surface area (Å²) in [6.45, 7) is -0.230. The minimum Gasteiger partial charge on any atom is -0.477 e. The first-order chi connectivity index (χ1) is 8.96. The van der Waals surface area contributed by atoms with E-state index in [1.54, 1.807) is 0 Å². The number of aromatic carboxylic acids is 1. The normalized spacial score (nSPS) is 16.5. The van der Waals surface area contributed by atoms with Crippen LogP contribution in [-0.2, 0) is 10.0 Å². The second-order valence-corrected chi connectivity index (χ2v) is 6.37. The van der Waals surface area contributed by atoms with Crippen LogP contribution in [0.25, 0.3) is 0 Å². The van der Waals surface area contributed by atoms with Crippen LogP contribution >= 0.6 is 0 Å². The molecular weight excluding hydrogens is 272 g/mol. The van der Waals surface area contributed by atoms with Crippen molar-refractivity contribution in [1.82, 2.24) is 9.29 Å². The van der Waals surface area contributed by atoms with Crippen molar-refractivity contribution in [2.45, 2.75) is 30.2 Å². The molecule has 0 unspecified atom stereocenters. The monoisotopic (exact) mass is 288 g/mol. The van der Waals surface area contributed by atoms with Crippen molar-refractivity contribution in [3.8, 4) is 0 Å². The molecule has 2 rings (SSSR count). The highest BCUT2D eigenvalue weighted by atomic mass is 32.2. The number of sulfonamides is 1. The highest BCUT2D eigenvalue weighted by Crippen LogP contribution is 2.29. The number of aliphatic hydroxyl groups excluding tert-OH is 1. The molecule has 0 bridgehead atoms. The molecule has 0 aromatic carbocycles. The molecule has 1 aliphatic rings. The number of H-pyrrole nitrogens is 1. The van der Waals surface area contributed by atoms with Gasteiger partial charge in [0, 0.05) is 18.8 Å². The Morgan fingerprint density at radius 2 is 2.16 bits per heavy atom. The van der Waals surface area contributed by atoms with Gasteiger partial charge in [-0.1, -0.05) is 6.42 Å². The summed E-state index contributed by atoms with van der Waals surface area (Å²) < 4.78 is 26.0. The molecule has 106 valence electrons. The first-order valence-electron chi connectivity index (χ1n) is 6.01. The number of rotatable bonds is 6. The Bertz CT molecular complexity index is 561. The third-order valence-electron chi connectivity index (χ3n) is 3.30. The number of nitrogens with one attached hydrogen (secondary N) is 1. The number of carbonyl (C=O) groups is 1. The Balaban J connectivity index is 2.29. The van der Waals surface area contributed by atoms with E-state index in [2.05, 4.69) is 4.98 Å². The van der Waals surface area contributed by atoms with Crippen LogP contribution in [0.2, 0.25) is 0 Å². The van der Waals surface area contributed by atoms with Gasteiger partial charge in [0.1, 0.15) is 10.6 Å². The SMILES string of the molecule is O=C(O)c1cc(S(=O)(=O)N(CCO)C2CCC2)c[nH]1. The van der Waals surface area contributed by atoms with Crippen LogP contribution < -0.4 is 0 Å². The van der Waals surface area contributed by atoms with E-state index in [1.165, 1.54) is 10.5 Å². The zero-order valence-electron chi connectivity index (χ0n) is 10.2. The summed E-state index contributed by atoms with van der Waals surface area (Å²) in [7, 11) is -3.76. The van der Waals surface area contributed by atoms with Crippen molar-refractivity contribution in [3.05, 3.63) is 18.0 Å². The molecule has 0 radical (unpaired) electrons. The van der Waals surface area contributed by atoms with Gasteiger partial charge in [0.2, 0.25) is 10.0 Å². The molecular formula is C11H16N2O5S. The van der Waals surface area contributed by atoms with E-state index in [9.17, 15) is 13.2 Å². The standard InChI is InChI=1S/C11H16N2O5S/c14-5-4-13(8-2-1-3-8)19(17,18)9-6-10(11(15)16)12-7-9/h6-8,12,14H,1-5H2,(H,15,16). The molecule has 1 heterocycles. The van der Waals surface area contributed by atoms with Crippen LogP contribution in [0.5, 0.6) is 0 Å². The van der Waals surface area contributed by atoms with Gasteiger partial charge < -0.3 is 15.2 Å². The molecule has 0 amide bonds. The predicted molar refractivity (Wildman–Crippen MR) is 66.4 cm³/mol. The largest absolute Gasteiger partial charge is 0.477 e. The van der Waals surface area contributed by atoms with Gasteiger partial charge in [0.15, 0.2) is 0 Å². The Hall–Kier alpha value is -1.38. The number of aromatic amines is 1. The lowest BCUT2D eigenvalue weighted by Gasteiger charge is -2.35. The molecule has 1 aliphatic carbocycles. The Morgan fingerprint density at radius 1 is 1.47 bits per heavy atom. The molecule has 0 saturated heterocycles. The van der Waals surface area contributed by atoms with Crippen LogP contribution in [-0.4, -0.2) is 53.1 Å². The van der Waals surface area contributed by atoms with Crippen LogP contribution in [0.1, 0.15) is 29.8 Å². The first-order valence-corrected chi connectivity index (χ1v) is 7.45. The fourth-order valence-corrected chi connectivity index (χ4v) is 3.73. The maximum Gasteiger partial charge on any atom is 0.352 e. The molecule has 0 atom stereocenters. The third kappa shape index (κ3) is 2.65. The lowest BCUT2D eigenvalue weighted by atomic mass is 9.93. The molecule has 8 heteroatoms. The summed E-state index contributed by atoms with van der Waals surface area (Å²) in [6, 6.07) is 1.00. The Labute approximate surface area is 110 Å². The topological polar surface area (TPSA) is 111 Å². The van der Waals surface area contributed by atoms with E-state index in [-0.39, 0.29) is 29.8 Å². The van der Waals surface area contributed by atoms with Crippen LogP contribution in [0.3, 0.4) is 0 Å². The van der Waals surface area contributed by atoms with Crippen molar-refractivity contribution in [2.75, 3.05) is 13.2 Å². The van der Waals surface area contributed by atoms with E-state index in [0.717, 1.165) is 25.3 Å². The molecule has 0 aliphatic heterocycles. The molecule has 1 fully saturated rings. The third-order valence-corrected chi connectivity index (χ3v) is 5.23. The summed E-state index contributed by atoms with van der Waals surface area (Å²) in [6.07, 6.45) is 3.68. The van der Waals surface area contributed by atoms with Gasteiger partial charge in [-0.25, -0.2) is 13.2 Å². The number of carboxylic acid groups (broad SMARTS) is 1. The fourth-order valence-electron chi connectivity index (χ4n) is 2.05. The van der Waals surface area contributed by atoms with E-state index in [0.29, 0.717) is 0 Å². The maximum absolute atomic E-state index is 12.4. The summed E-state index contributed by atoms with van der Waals surface area (Å²) >= 11 is 0. The second-order valence-electron chi connectivity index (χ2n) is 4.48. The van der Waals surface area contributed by atoms with E-state index >= 15 is 0 Å². The zero-order valence-corrected chi connectivity index (χ0v) is 11.1. The molecule has 3 N–H and O–H groups in total. The van der Waals surface area contributed by atoms with Crippen LogP contribution in [0, 0.1) is 0 Å². The molecule has 0 spiro atoms. The smallest absolute Gasteiger partial charge is 0.352 e. The average Bonchev–Trinajstić information content (AvgIpc) is 2.75. The summed E-state index contributed by atoms with van der Waals surface area (Å²) in [4.78, 5) is 13.1. The Kier molecular flexibility index (Phi) is 3.93. The van der Waals surface area contributed by atoms with E-state index in [4.69, 9.17) is 10.2 Å². The maximum atomic E-state index is 12.4. The summed E-state index contributed by atoms with van der Waals surface area (Å²) in [5.74, 6) is -1.21. The van der Waals surface area contributed by atoms with Gasteiger partial charge in [0.25, 0.3) is 0 Å². The number of hydrogen-bond donors (Lipinski definition) is 3. The minimum atomic E-state index is -3.76. The quantitative estimate of drug-likeness (QED) is 0.695. The minimum absolute atomic E-state index is 0.0284. The van der Waals surface area contributed by atoms with Gasteiger partial charge in [-0.15, -0.1) is 0 Å². The number of hydrogen-bond acceptors (Lipinski definition) is 4. The molecule has 19 heavy (non-hydrogen) atoms. The summed E-state index contributed by atoms with van der Waals surface area (Å²) in [5, 5.41) is 17.8. The second kappa shape index (κ2) is 5.32. The van der Waals surface area contributed by atoms with E-state index < -0.39 is 16.0 Å². The van der Waals surface area contributed by atoms with Gasteiger partial charge in [0.05, 0.1) is 6.61 Å².